The number of aromatic amines is 1. The molecule has 12 heteroatoms. The number of piperazine rings is 1. The first-order valence-electron chi connectivity index (χ1n) is 13.9. The summed E-state index contributed by atoms with van der Waals surface area (Å²) >= 11 is 6.06. The van der Waals surface area contributed by atoms with E-state index in [1.807, 2.05) is 26.8 Å². The Labute approximate surface area is 245 Å². The lowest BCUT2D eigenvalue weighted by molar-refractivity contribution is -0.137. The van der Waals surface area contributed by atoms with E-state index in [1.165, 1.54) is 4.31 Å². The molecule has 41 heavy (non-hydrogen) atoms. The Morgan fingerprint density at radius 2 is 1.66 bits per heavy atom. The Balaban J connectivity index is 1.18. The topological polar surface area (TPSA) is 116 Å². The number of nitrogens with one attached hydrogen (secondary N) is 1. The van der Waals surface area contributed by atoms with Gasteiger partial charge >= 0.3 is 6.09 Å². The minimum absolute atomic E-state index is 0.0462. The molecule has 0 radical (unpaired) electrons. The molecule has 2 aliphatic rings. The van der Waals surface area contributed by atoms with Crippen molar-refractivity contribution in [3.05, 3.63) is 53.8 Å². The normalized spacial score (nSPS) is 20.6. The number of amides is 2. The molecule has 2 aromatic carbocycles. The Hall–Kier alpha value is -3.15. The summed E-state index contributed by atoms with van der Waals surface area (Å²) in [7, 11) is -3.69. The highest BCUT2D eigenvalue weighted by atomic mass is 35.5. The number of hydrogen-bond acceptors (Lipinski definition) is 6. The van der Waals surface area contributed by atoms with Gasteiger partial charge in [0.05, 0.1) is 4.90 Å². The van der Waals surface area contributed by atoms with E-state index in [1.54, 1.807) is 52.5 Å². The average molecular weight is 602 g/mol. The number of fused-ring (bicyclic) bond motifs is 1. The van der Waals surface area contributed by atoms with Crippen molar-refractivity contribution in [2.24, 2.45) is 5.92 Å². The summed E-state index contributed by atoms with van der Waals surface area (Å²) in [5.74, 6) is 0.310. The predicted octanol–water partition coefficient (Wildman–Crippen LogP) is 5.05. The van der Waals surface area contributed by atoms with Crippen LogP contribution in [0.5, 0.6) is 0 Å². The number of anilines is 1. The van der Waals surface area contributed by atoms with Crippen molar-refractivity contribution in [3.63, 3.8) is 0 Å². The van der Waals surface area contributed by atoms with Crippen LogP contribution >= 0.6 is 11.6 Å². The van der Waals surface area contributed by atoms with Crippen molar-refractivity contribution >= 4 is 50.3 Å². The first-order valence-corrected chi connectivity index (χ1v) is 15.7. The number of imidazole rings is 1. The molecule has 1 aliphatic carbocycles. The fourth-order valence-corrected chi connectivity index (χ4v) is 7.24. The summed E-state index contributed by atoms with van der Waals surface area (Å²) in [6.07, 6.45) is 5.33. The van der Waals surface area contributed by atoms with Gasteiger partial charge in [-0.3, -0.25) is 4.79 Å². The third-order valence-electron chi connectivity index (χ3n) is 7.68. The molecule has 10 nitrogen and oxygen atoms in total. The smallest absolute Gasteiger partial charge is 0.417 e. The van der Waals surface area contributed by atoms with Gasteiger partial charge in [-0.2, -0.15) is 4.31 Å². The second-order valence-electron chi connectivity index (χ2n) is 11.7. The van der Waals surface area contributed by atoms with Gasteiger partial charge in [0, 0.05) is 55.6 Å². The van der Waals surface area contributed by atoms with E-state index in [-0.39, 0.29) is 35.9 Å². The van der Waals surface area contributed by atoms with Gasteiger partial charge in [0.25, 0.3) is 0 Å². The number of aromatic nitrogens is 2. The third kappa shape index (κ3) is 6.52. The van der Waals surface area contributed by atoms with E-state index in [2.05, 4.69) is 9.97 Å². The van der Waals surface area contributed by atoms with Crippen LogP contribution in [0.4, 0.5) is 10.7 Å². The quantitative estimate of drug-likeness (QED) is 0.437. The van der Waals surface area contributed by atoms with E-state index in [4.69, 9.17) is 16.3 Å². The molecule has 1 aliphatic heterocycles. The minimum Gasteiger partial charge on any atom is -0.443 e. The van der Waals surface area contributed by atoms with Gasteiger partial charge in [0.15, 0.2) is 0 Å². The summed E-state index contributed by atoms with van der Waals surface area (Å²) in [4.78, 5) is 37.3. The SMILES string of the molecule is CC(C)(C)OC(=O)N(c1ncc[nH]1)C1CCC(C(=O)N2CCN(S(=O)(=O)c3ccc4cc(Cl)ccc4c3)CC2)CC1. The number of hydrogen-bond donors (Lipinski definition) is 1. The summed E-state index contributed by atoms with van der Waals surface area (Å²) < 4.78 is 33.8. The molecule has 220 valence electrons. The molecule has 3 aromatic rings. The third-order valence-corrected chi connectivity index (χ3v) is 9.80. The summed E-state index contributed by atoms with van der Waals surface area (Å²) in [6.45, 7) is 6.65. The molecule has 5 rings (SSSR count). The van der Waals surface area contributed by atoms with Crippen LogP contribution in [0.2, 0.25) is 5.02 Å². The second-order valence-corrected chi connectivity index (χ2v) is 14.0. The number of halogens is 1. The molecular formula is C29H36ClN5O5S. The van der Waals surface area contributed by atoms with E-state index >= 15 is 0 Å². The van der Waals surface area contributed by atoms with Crippen LogP contribution < -0.4 is 4.90 Å². The molecule has 2 amide bonds. The molecule has 0 atom stereocenters. The van der Waals surface area contributed by atoms with Crippen LogP contribution in [0.3, 0.4) is 0 Å². The Morgan fingerprint density at radius 1 is 1.00 bits per heavy atom. The van der Waals surface area contributed by atoms with Gasteiger partial charge in [0.1, 0.15) is 5.60 Å². The van der Waals surface area contributed by atoms with Crippen molar-refractivity contribution in [3.8, 4) is 0 Å². The maximum Gasteiger partial charge on any atom is 0.417 e. The molecule has 1 N–H and O–H groups in total. The van der Waals surface area contributed by atoms with Gasteiger partial charge in [-0.15, -0.1) is 0 Å². The molecule has 1 saturated heterocycles. The number of carbonyl (C=O) groups excluding carboxylic acids is 2. The fourth-order valence-electron chi connectivity index (χ4n) is 5.60. The number of sulfonamides is 1. The van der Waals surface area contributed by atoms with Crippen molar-refractivity contribution < 1.29 is 22.7 Å². The summed E-state index contributed by atoms with van der Waals surface area (Å²) in [5.41, 5.74) is -0.646. The maximum absolute atomic E-state index is 13.4. The van der Waals surface area contributed by atoms with Crippen molar-refractivity contribution in [1.82, 2.24) is 19.2 Å². The first kappa shape index (κ1) is 29.3. The molecule has 2 heterocycles. The van der Waals surface area contributed by atoms with Gasteiger partial charge in [-0.05, 0) is 81.5 Å². The van der Waals surface area contributed by atoms with Crippen molar-refractivity contribution in [2.45, 2.75) is 63.0 Å². The lowest BCUT2D eigenvalue weighted by Gasteiger charge is -2.39. The molecule has 0 bridgehead atoms. The number of benzene rings is 2. The molecule has 0 unspecified atom stereocenters. The maximum atomic E-state index is 13.4. The van der Waals surface area contributed by atoms with Gasteiger partial charge < -0.3 is 14.6 Å². The Bertz CT molecular complexity index is 1510. The zero-order valence-corrected chi connectivity index (χ0v) is 25.1. The van der Waals surface area contributed by atoms with Gasteiger partial charge in [0.2, 0.25) is 21.9 Å². The standard InChI is InChI=1S/C29H36ClN5O5S/c1-29(2,3)40-28(37)35(27-31-12-13-32-27)24-9-5-20(6-10-24)26(36)33-14-16-34(17-15-33)41(38,39)25-11-7-21-18-23(30)8-4-22(21)19-25/h4,7-8,11-13,18-20,24H,5-6,9-10,14-17H2,1-3H3,(H,31,32). The average Bonchev–Trinajstić information content (AvgIpc) is 3.46. The van der Waals surface area contributed by atoms with E-state index in [9.17, 15) is 18.0 Å². The van der Waals surface area contributed by atoms with Gasteiger partial charge in [-0.25, -0.2) is 23.1 Å². The molecular weight excluding hydrogens is 566 g/mol. The molecule has 0 spiro atoms. The number of ether oxygens (including phenoxy) is 1. The number of carbonyl (C=O) groups is 2. The lowest BCUT2D eigenvalue weighted by atomic mass is 9.84. The van der Waals surface area contributed by atoms with Crippen LogP contribution in [0.25, 0.3) is 10.8 Å². The van der Waals surface area contributed by atoms with Crippen LogP contribution in [0, 0.1) is 5.92 Å². The van der Waals surface area contributed by atoms with Crippen molar-refractivity contribution in [2.75, 3.05) is 31.1 Å². The minimum atomic E-state index is -3.69. The Kier molecular flexibility index (Phi) is 8.31. The highest BCUT2D eigenvalue weighted by Gasteiger charge is 2.38. The first-order chi connectivity index (χ1) is 19.4. The summed E-state index contributed by atoms with van der Waals surface area (Å²) in [5, 5.41) is 2.28. The monoisotopic (exact) mass is 601 g/mol. The van der Waals surface area contributed by atoms with Crippen LogP contribution in [0.15, 0.2) is 53.7 Å². The largest absolute Gasteiger partial charge is 0.443 e. The number of rotatable bonds is 5. The van der Waals surface area contributed by atoms with Crippen molar-refractivity contribution in [1.29, 1.82) is 0 Å². The highest BCUT2D eigenvalue weighted by Crippen LogP contribution is 2.32. The number of H-pyrrole nitrogens is 1. The van der Waals surface area contributed by atoms with E-state index in [0.717, 1.165) is 10.8 Å². The fraction of sp³-hybridized carbons (Fsp3) is 0.483. The second kappa shape index (κ2) is 11.6. The van der Waals surface area contributed by atoms with E-state index < -0.39 is 21.7 Å². The van der Waals surface area contributed by atoms with Crippen LogP contribution in [-0.2, 0) is 19.6 Å². The highest BCUT2D eigenvalue weighted by molar-refractivity contribution is 7.89. The van der Waals surface area contributed by atoms with Crippen LogP contribution in [-0.4, -0.2) is 77.4 Å². The van der Waals surface area contributed by atoms with Crippen LogP contribution in [0.1, 0.15) is 46.5 Å². The zero-order valence-electron chi connectivity index (χ0n) is 23.5. The van der Waals surface area contributed by atoms with E-state index in [0.29, 0.717) is 49.7 Å². The summed E-state index contributed by atoms with van der Waals surface area (Å²) in [6, 6.07) is 10.2. The molecule has 1 saturated carbocycles. The lowest BCUT2D eigenvalue weighted by Crippen LogP contribution is -2.52. The zero-order chi connectivity index (χ0) is 29.4. The molecule has 2 fully saturated rings. The Morgan fingerprint density at radius 3 is 2.29 bits per heavy atom. The molecule has 1 aromatic heterocycles. The number of nitrogens with zero attached hydrogens (tertiary/aromatic N) is 4. The van der Waals surface area contributed by atoms with Gasteiger partial charge in [-0.1, -0.05) is 23.7 Å². The predicted molar refractivity (Wildman–Crippen MR) is 157 cm³/mol.